The summed E-state index contributed by atoms with van der Waals surface area (Å²) in [7, 11) is 1.43. The second-order valence-corrected chi connectivity index (χ2v) is 8.55. The van der Waals surface area contributed by atoms with Gasteiger partial charge in [0.25, 0.3) is 0 Å². The summed E-state index contributed by atoms with van der Waals surface area (Å²) in [6, 6.07) is 6.63. The Bertz CT molecular complexity index is 798. The lowest BCUT2D eigenvalue weighted by molar-refractivity contribution is 0.00779. The minimum absolute atomic E-state index is 0.115. The summed E-state index contributed by atoms with van der Waals surface area (Å²) in [5.41, 5.74) is 5.07. The fourth-order valence-electron chi connectivity index (χ4n) is 2.17. The Labute approximate surface area is 172 Å². The van der Waals surface area contributed by atoms with Crippen molar-refractivity contribution < 1.29 is 19.1 Å². The molecule has 8 nitrogen and oxygen atoms in total. The van der Waals surface area contributed by atoms with Crippen LogP contribution in [0, 0.1) is 12.3 Å². The van der Waals surface area contributed by atoms with Crippen LogP contribution < -0.4 is 15.5 Å². The lowest BCUT2D eigenvalue weighted by atomic mass is 10.2. The second kappa shape index (κ2) is 8.97. The number of amides is 2. The third kappa shape index (κ3) is 7.12. The number of guanidine groups is 1. The standard InChI is InChI=1S/C21H31N4O4/c1-9-13-23-17(22)24-15-11-10-12-16(14-15)25(8,18(26)28-20(2,3)4)19(27)29-21(5,6)7/h1,10-12,14H,13H2,2-8H3,(H3,22,23,24)/q+1. The number of aliphatic imine (C=N–C) groups is 1. The fourth-order valence-corrected chi connectivity index (χ4v) is 2.17. The van der Waals surface area contributed by atoms with Crippen LogP contribution in [-0.4, -0.2) is 42.9 Å². The molecule has 0 radical (unpaired) electrons. The Morgan fingerprint density at radius 2 is 1.66 bits per heavy atom. The van der Waals surface area contributed by atoms with Crippen molar-refractivity contribution in [3.8, 4) is 12.3 Å². The van der Waals surface area contributed by atoms with E-state index < -0.39 is 27.9 Å². The summed E-state index contributed by atoms with van der Waals surface area (Å²) in [6.45, 7) is 10.5. The van der Waals surface area contributed by atoms with Gasteiger partial charge in [-0.15, -0.1) is 6.42 Å². The van der Waals surface area contributed by atoms with Gasteiger partial charge in [0.05, 0.1) is 7.05 Å². The number of hydrogen-bond acceptors (Lipinski definition) is 5. The maximum atomic E-state index is 13.0. The van der Waals surface area contributed by atoms with E-state index in [1.165, 1.54) is 7.05 Å². The lowest BCUT2D eigenvalue weighted by Crippen LogP contribution is -2.58. The van der Waals surface area contributed by atoms with Gasteiger partial charge in [0, 0.05) is 17.8 Å². The van der Waals surface area contributed by atoms with Crippen molar-refractivity contribution in [2.45, 2.75) is 52.7 Å². The largest absolute Gasteiger partial charge is 0.532 e. The van der Waals surface area contributed by atoms with Crippen molar-refractivity contribution in [2.24, 2.45) is 10.7 Å². The zero-order valence-corrected chi connectivity index (χ0v) is 18.2. The van der Waals surface area contributed by atoms with Gasteiger partial charge < -0.3 is 20.5 Å². The quantitative estimate of drug-likeness (QED) is 0.344. The number of rotatable bonds is 3. The first-order valence-corrected chi connectivity index (χ1v) is 9.13. The number of hydrogen-bond donors (Lipinski definition) is 2. The third-order valence-corrected chi connectivity index (χ3v) is 3.49. The van der Waals surface area contributed by atoms with E-state index in [2.05, 4.69) is 16.2 Å². The monoisotopic (exact) mass is 403 g/mol. The van der Waals surface area contributed by atoms with Gasteiger partial charge in [-0.1, -0.05) is 16.5 Å². The summed E-state index contributed by atoms with van der Waals surface area (Å²) in [5, 5.41) is 2.88. The van der Waals surface area contributed by atoms with Crippen LogP contribution >= 0.6 is 0 Å². The highest BCUT2D eigenvalue weighted by Crippen LogP contribution is 2.30. The first kappa shape index (κ1) is 24.0. The molecule has 0 aliphatic rings. The molecule has 0 bridgehead atoms. The van der Waals surface area contributed by atoms with Gasteiger partial charge in [-0.05, 0) is 47.6 Å². The van der Waals surface area contributed by atoms with Crippen molar-refractivity contribution in [1.29, 1.82) is 0 Å². The summed E-state index contributed by atoms with van der Waals surface area (Å²) in [5.74, 6) is 2.47. The molecule has 0 spiro atoms. The van der Waals surface area contributed by atoms with Crippen molar-refractivity contribution >= 4 is 29.5 Å². The summed E-state index contributed by atoms with van der Waals surface area (Å²) >= 11 is 0. The van der Waals surface area contributed by atoms with E-state index in [1.807, 2.05) is 0 Å². The highest BCUT2D eigenvalue weighted by molar-refractivity contribution is 6.03. The van der Waals surface area contributed by atoms with E-state index >= 15 is 0 Å². The average Bonchev–Trinajstić information content (AvgIpc) is 2.56. The third-order valence-electron chi connectivity index (χ3n) is 3.49. The Morgan fingerprint density at radius 3 is 2.10 bits per heavy atom. The van der Waals surface area contributed by atoms with Gasteiger partial charge in [-0.2, -0.15) is 9.59 Å². The number of carbonyl (C=O) groups is 2. The topological polar surface area (TPSA) is 103 Å². The number of ether oxygens (including phenoxy) is 2. The molecule has 3 N–H and O–H groups in total. The summed E-state index contributed by atoms with van der Waals surface area (Å²) < 4.78 is 10.2. The van der Waals surface area contributed by atoms with Crippen molar-refractivity contribution in [2.75, 3.05) is 18.9 Å². The number of nitrogens with zero attached hydrogens (tertiary/aromatic N) is 2. The van der Waals surface area contributed by atoms with E-state index in [-0.39, 0.29) is 12.5 Å². The summed E-state index contributed by atoms with van der Waals surface area (Å²) in [6.07, 6.45) is 3.64. The van der Waals surface area contributed by atoms with E-state index in [9.17, 15) is 9.59 Å². The molecule has 29 heavy (non-hydrogen) atoms. The zero-order valence-electron chi connectivity index (χ0n) is 18.2. The number of nitrogens with one attached hydrogen (secondary N) is 1. The van der Waals surface area contributed by atoms with E-state index in [1.54, 1.807) is 65.8 Å². The van der Waals surface area contributed by atoms with Crippen LogP contribution in [0.3, 0.4) is 0 Å². The molecule has 1 aromatic carbocycles. The SMILES string of the molecule is C#CCN=C(N)Nc1cccc([N+](C)(C(=O)OC(C)(C)C)C(=O)OC(C)(C)C)c1. The molecular weight excluding hydrogens is 372 g/mol. The molecule has 0 aromatic heterocycles. The molecule has 0 aliphatic heterocycles. The Hall–Kier alpha value is -3.05. The normalized spacial score (nSPS) is 12.7. The number of quaternary nitrogens is 1. The average molecular weight is 404 g/mol. The first-order valence-electron chi connectivity index (χ1n) is 9.13. The maximum Gasteiger partial charge on any atom is 0.532 e. The number of carbonyl (C=O) groups excluding carboxylic acids is 2. The minimum atomic E-state index is -0.842. The highest BCUT2D eigenvalue weighted by atomic mass is 16.6. The van der Waals surface area contributed by atoms with Crippen molar-refractivity contribution in [3.05, 3.63) is 24.3 Å². The number of anilines is 1. The smallest absolute Gasteiger partial charge is 0.414 e. The lowest BCUT2D eigenvalue weighted by Gasteiger charge is -2.31. The van der Waals surface area contributed by atoms with Crippen molar-refractivity contribution in [3.63, 3.8) is 0 Å². The number of terminal acetylenes is 1. The fraction of sp³-hybridized carbons (Fsp3) is 0.476. The molecule has 0 heterocycles. The predicted octanol–water partition coefficient (Wildman–Crippen LogP) is 3.85. The van der Waals surface area contributed by atoms with Gasteiger partial charge in [-0.25, -0.2) is 4.99 Å². The van der Waals surface area contributed by atoms with Crippen molar-refractivity contribution in [1.82, 2.24) is 4.48 Å². The maximum absolute atomic E-state index is 13.0. The number of imide groups is 1. The van der Waals surface area contributed by atoms with Crippen LogP contribution in [0.2, 0.25) is 0 Å². The highest BCUT2D eigenvalue weighted by Gasteiger charge is 2.50. The molecule has 158 valence electrons. The van der Waals surface area contributed by atoms with E-state index in [4.69, 9.17) is 21.6 Å². The van der Waals surface area contributed by atoms with Gasteiger partial charge in [0.2, 0.25) is 0 Å². The molecule has 0 fully saturated rings. The molecule has 0 unspecified atom stereocenters. The van der Waals surface area contributed by atoms with Crippen LogP contribution in [-0.2, 0) is 9.47 Å². The Kier molecular flexibility index (Phi) is 7.42. The van der Waals surface area contributed by atoms with Crippen LogP contribution in [0.5, 0.6) is 0 Å². The van der Waals surface area contributed by atoms with E-state index in [0.717, 1.165) is 0 Å². The molecule has 2 amide bonds. The second-order valence-electron chi connectivity index (χ2n) is 8.55. The Balaban J connectivity index is 3.39. The predicted molar refractivity (Wildman–Crippen MR) is 116 cm³/mol. The first-order chi connectivity index (χ1) is 13.2. The van der Waals surface area contributed by atoms with Gasteiger partial charge in [0.1, 0.15) is 17.7 Å². The molecule has 0 saturated carbocycles. The number of benzene rings is 1. The van der Waals surface area contributed by atoms with Crippen LogP contribution in [0.25, 0.3) is 0 Å². The van der Waals surface area contributed by atoms with Crippen LogP contribution in [0.1, 0.15) is 41.5 Å². The van der Waals surface area contributed by atoms with Crippen LogP contribution in [0.15, 0.2) is 29.3 Å². The molecule has 0 aliphatic carbocycles. The molecular formula is C21H31N4O4+. The van der Waals surface area contributed by atoms with E-state index in [0.29, 0.717) is 11.4 Å². The van der Waals surface area contributed by atoms with Gasteiger partial charge in [0.15, 0.2) is 11.6 Å². The zero-order chi connectivity index (χ0) is 22.5. The van der Waals surface area contributed by atoms with Gasteiger partial charge >= 0.3 is 12.2 Å². The minimum Gasteiger partial charge on any atom is -0.414 e. The van der Waals surface area contributed by atoms with Crippen LogP contribution in [0.4, 0.5) is 21.0 Å². The molecule has 1 rings (SSSR count). The summed E-state index contributed by atoms with van der Waals surface area (Å²) in [4.78, 5) is 30.0. The number of nitrogens with two attached hydrogens (primary N) is 1. The molecule has 0 atom stereocenters. The molecule has 8 heteroatoms. The van der Waals surface area contributed by atoms with Gasteiger partial charge in [-0.3, -0.25) is 0 Å². The Morgan fingerprint density at radius 1 is 1.14 bits per heavy atom. The molecule has 0 saturated heterocycles. The molecule has 1 aromatic rings.